The quantitative estimate of drug-likeness (QED) is 0.391. The number of nitrogens with zero attached hydrogens (tertiary/aromatic N) is 4. The molecular weight excluding hydrogens is 212 g/mol. The van der Waals surface area contributed by atoms with Crippen molar-refractivity contribution in [3.8, 4) is 0 Å². The molecule has 0 N–H and O–H groups in total. The molecule has 0 bridgehead atoms. The lowest BCUT2D eigenvalue weighted by Crippen LogP contribution is -2.54. The molecule has 0 spiro atoms. The Hall–Kier alpha value is -2.52. The van der Waals surface area contributed by atoms with Crippen LogP contribution in [-0.2, 0) is 5.91 Å². The molecule has 0 unspecified atom stereocenters. The third kappa shape index (κ3) is 1.27. The van der Waals surface area contributed by atoms with Gasteiger partial charge >= 0.3 is 5.91 Å². The molecule has 80 valence electrons. The normalized spacial score (nSPS) is 10.9. The van der Waals surface area contributed by atoms with Gasteiger partial charge in [0.25, 0.3) is 0 Å². The Morgan fingerprint density at radius 1 is 0.867 bits per heavy atom. The van der Waals surface area contributed by atoms with Gasteiger partial charge in [0.15, 0.2) is 14.8 Å². The highest BCUT2D eigenvalue weighted by atomic mass is 16.7. The third-order valence-electron chi connectivity index (χ3n) is 1.69. The summed E-state index contributed by atoms with van der Waals surface area (Å²) in [6, 6.07) is 2.43. The van der Waals surface area contributed by atoms with Gasteiger partial charge in [-0.2, -0.15) is 4.57 Å². The monoisotopic (exact) mass is 216 g/mol. The second-order valence-electron chi connectivity index (χ2n) is 2.46. The highest BCUT2D eigenvalue weighted by molar-refractivity contribution is 4.91. The summed E-state index contributed by atoms with van der Waals surface area (Å²) >= 11 is 0. The Morgan fingerprint density at radius 2 is 1.20 bits per heavy atom. The van der Waals surface area contributed by atoms with Gasteiger partial charge in [-0.25, -0.2) is 0 Å². The van der Waals surface area contributed by atoms with Gasteiger partial charge in [0.2, 0.25) is 0 Å². The standard InChI is InChI=1S/C5H4N4O6/c10-7(11)5(8(12)13,9(14)15)6-3-1-2-4-6/h1-4H. The second-order valence-corrected chi connectivity index (χ2v) is 2.46. The first kappa shape index (κ1) is 10.6. The number of rotatable bonds is 4. The first-order valence-electron chi connectivity index (χ1n) is 3.51. The van der Waals surface area contributed by atoms with E-state index < -0.39 is 20.7 Å². The minimum atomic E-state index is -3.59. The molecule has 0 aliphatic heterocycles. The van der Waals surface area contributed by atoms with E-state index in [0.29, 0.717) is 4.57 Å². The van der Waals surface area contributed by atoms with Crippen molar-refractivity contribution in [2.24, 2.45) is 0 Å². The molecule has 0 amide bonds. The Labute approximate surface area is 81.2 Å². The zero-order chi connectivity index (χ0) is 11.6. The van der Waals surface area contributed by atoms with Crippen LogP contribution in [0.3, 0.4) is 0 Å². The summed E-state index contributed by atoms with van der Waals surface area (Å²) in [5.41, 5.74) is 0. The smallest absolute Gasteiger partial charge is 0.251 e. The number of hydrogen-bond acceptors (Lipinski definition) is 6. The highest BCUT2D eigenvalue weighted by Crippen LogP contribution is 2.19. The lowest BCUT2D eigenvalue weighted by atomic mass is 10.6. The van der Waals surface area contributed by atoms with Crippen molar-refractivity contribution >= 4 is 0 Å². The van der Waals surface area contributed by atoms with Crippen molar-refractivity contribution < 1.29 is 14.8 Å². The van der Waals surface area contributed by atoms with E-state index in [9.17, 15) is 30.3 Å². The SMILES string of the molecule is O=[N+]([O-])C(n1cccc1)([N+](=O)[O-])[N+](=O)[O-]. The van der Waals surface area contributed by atoms with E-state index in [4.69, 9.17) is 0 Å². The average molecular weight is 216 g/mol. The fraction of sp³-hybridized carbons (Fsp3) is 0.200. The van der Waals surface area contributed by atoms with Crippen LogP contribution in [0.2, 0.25) is 0 Å². The van der Waals surface area contributed by atoms with Gasteiger partial charge in [-0.05, 0) is 12.1 Å². The molecule has 10 heteroatoms. The molecular formula is C5H4N4O6. The highest BCUT2D eigenvalue weighted by Gasteiger charge is 2.73. The topological polar surface area (TPSA) is 134 Å². The van der Waals surface area contributed by atoms with Crippen molar-refractivity contribution in [2.45, 2.75) is 5.91 Å². The zero-order valence-corrected chi connectivity index (χ0v) is 7.05. The lowest BCUT2D eigenvalue weighted by molar-refractivity contribution is -1.01. The Bertz CT molecular complexity index is 375. The van der Waals surface area contributed by atoms with Crippen molar-refractivity contribution in [3.63, 3.8) is 0 Å². The molecule has 0 aliphatic carbocycles. The molecule has 0 radical (unpaired) electrons. The molecule has 0 aliphatic rings. The van der Waals surface area contributed by atoms with Crippen LogP contribution in [0.15, 0.2) is 24.5 Å². The summed E-state index contributed by atoms with van der Waals surface area (Å²) in [5.74, 6) is -3.59. The summed E-state index contributed by atoms with van der Waals surface area (Å²) in [6.45, 7) is 0. The summed E-state index contributed by atoms with van der Waals surface area (Å²) in [5, 5.41) is 31.5. The van der Waals surface area contributed by atoms with E-state index in [0.717, 1.165) is 12.4 Å². The van der Waals surface area contributed by atoms with Crippen molar-refractivity contribution in [1.82, 2.24) is 4.57 Å². The summed E-state index contributed by atoms with van der Waals surface area (Å²) in [4.78, 5) is 26.8. The summed E-state index contributed by atoms with van der Waals surface area (Å²) in [7, 11) is 0. The van der Waals surface area contributed by atoms with Crippen molar-refractivity contribution in [3.05, 3.63) is 54.9 Å². The molecule has 10 nitrogen and oxygen atoms in total. The molecule has 0 aromatic carbocycles. The summed E-state index contributed by atoms with van der Waals surface area (Å²) < 4.78 is 0.312. The van der Waals surface area contributed by atoms with E-state index in [1.54, 1.807) is 0 Å². The molecule has 0 atom stereocenters. The Morgan fingerprint density at radius 3 is 1.47 bits per heavy atom. The molecule has 0 saturated heterocycles. The van der Waals surface area contributed by atoms with Crippen LogP contribution in [-0.4, -0.2) is 19.3 Å². The van der Waals surface area contributed by atoms with E-state index in [1.165, 1.54) is 12.1 Å². The van der Waals surface area contributed by atoms with Crippen LogP contribution in [0.4, 0.5) is 0 Å². The van der Waals surface area contributed by atoms with Crippen LogP contribution < -0.4 is 0 Å². The van der Waals surface area contributed by atoms with E-state index >= 15 is 0 Å². The van der Waals surface area contributed by atoms with Crippen molar-refractivity contribution in [1.29, 1.82) is 0 Å². The minimum Gasteiger partial charge on any atom is -0.251 e. The number of aromatic nitrogens is 1. The van der Waals surface area contributed by atoms with Crippen LogP contribution in [0, 0.1) is 30.3 Å². The van der Waals surface area contributed by atoms with Crippen LogP contribution in [0.1, 0.15) is 0 Å². The number of nitro groups is 3. The molecule has 15 heavy (non-hydrogen) atoms. The van der Waals surface area contributed by atoms with Crippen molar-refractivity contribution in [2.75, 3.05) is 0 Å². The molecule has 0 saturated carbocycles. The molecule has 1 aromatic heterocycles. The average Bonchev–Trinajstić information content (AvgIpc) is 2.55. The van der Waals surface area contributed by atoms with Crippen LogP contribution >= 0.6 is 0 Å². The molecule has 0 fully saturated rings. The van der Waals surface area contributed by atoms with Gasteiger partial charge in [-0.1, -0.05) is 0 Å². The van der Waals surface area contributed by atoms with E-state index in [1.807, 2.05) is 0 Å². The van der Waals surface area contributed by atoms with Gasteiger partial charge < -0.3 is 0 Å². The molecule has 1 aromatic rings. The zero-order valence-electron chi connectivity index (χ0n) is 7.05. The van der Waals surface area contributed by atoms with Gasteiger partial charge in [-0.3, -0.25) is 30.3 Å². The van der Waals surface area contributed by atoms with Gasteiger partial charge in [0.05, 0.1) is 0 Å². The van der Waals surface area contributed by atoms with Gasteiger partial charge in [0.1, 0.15) is 0 Å². The Kier molecular flexibility index (Phi) is 2.34. The number of hydrogen-bond donors (Lipinski definition) is 0. The fourth-order valence-electron chi connectivity index (χ4n) is 1.02. The van der Waals surface area contributed by atoms with Gasteiger partial charge in [-0.15, -0.1) is 0 Å². The maximum absolute atomic E-state index is 10.5. The Balaban J connectivity index is 3.47. The maximum atomic E-state index is 10.5. The van der Waals surface area contributed by atoms with E-state index in [2.05, 4.69) is 0 Å². The molecule has 1 heterocycles. The van der Waals surface area contributed by atoms with Crippen LogP contribution in [0.25, 0.3) is 0 Å². The predicted molar refractivity (Wildman–Crippen MR) is 43.4 cm³/mol. The second kappa shape index (κ2) is 3.32. The first-order chi connectivity index (χ1) is 6.94. The van der Waals surface area contributed by atoms with Gasteiger partial charge in [0, 0.05) is 12.4 Å². The predicted octanol–water partition coefficient (Wildman–Crippen LogP) is -0.114. The largest absolute Gasteiger partial charge is 0.805 e. The summed E-state index contributed by atoms with van der Waals surface area (Å²) in [6.07, 6.45) is 1.77. The lowest BCUT2D eigenvalue weighted by Gasteiger charge is -2.08. The minimum absolute atomic E-state index is 0.312. The first-order valence-corrected chi connectivity index (χ1v) is 3.51. The van der Waals surface area contributed by atoms with E-state index in [-0.39, 0.29) is 0 Å². The third-order valence-corrected chi connectivity index (χ3v) is 1.69. The maximum Gasteiger partial charge on any atom is 0.805 e. The fourth-order valence-corrected chi connectivity index (χ4v) is 1.02. The molecule has 1 rings (SSSR count). The van der Waals surface area contributed by atoms with Crippen LogP contribution in [0.5, 0.6) is 0 Å².